The number of amides is 2. The van der Waals surface area contributed by atoms with Crippen molar-refractivity contribution >= 4 is 29.4 Å². The van der Waals surface area contributed by atoms with Crippen LogP contribution < -0.4 is 5.73 Å². The molecule has 0 radical (unpaired) electrons. The average molecular weight is 253 g/mol. The molecule has 17 heavy (non-hydrogen) atoms. The number of nitrogen functional groups attached to an aromatic ring is 1. The van der Waals surface area contributed by atoms with E-state index in [-0.39, 0.29) is 18.3 Å². The van der Waals surface area contributed by atoms with Crippen LogP contribution in [0.4, 0.5) is 10.5 Å². The molecule has 1 saturated heterocycles. The van der Waals surface area contributed by atoms with E-state index in [0.717, 1.165) is 4.90 Å². The van der Waals surface area contributed by atoms with Crippen molar-refractivity contribution in [3.8, 4) is 0 Å². The Kier molecular flexibility index (Phi) is 3.48. The smallest absolute Gasteiger partial charge is 0.416 e. The third-order valence-corrected chi connectivity index (χ3v) is 3.20. The number of hydrogen-bond acceptors (Lipinski definition) is 6. The first-order valence-corrected chi connectivity index (χ1v) is 5.97. The second-order valence-corrected chi connectivity index (χ2v) is 4.31. The molecule has 1 fully saturated rings. The van der Waals surface area contributed by atoms with Gasteiger partial charge in [-0.05, 0) is 12.1 Å². The number of aromatic nitrogens is 1. The largest absolute Gasteiger partial charge is 0.447 e. The van der Waals surface area contributed by atoms with Crippen LogP contribution in [-0.2, 0) is 9.53 Å². The number of carbonyl (C=O) groups is 2. The number of pyridine rings is 1. The Morgan fingerprint density at radius 3 is 3.12 bits per heavy atom. The van der Waals surface area contributed by atoms with Gasteiger partial charge in [0.25, 0.3) is 0 Å². The highest BCUT2D eigenvalue weighted by Crippen LogP contribution is 2.22. The van der Waals surface area contributed by atoms with E-state index in [4.69, 9.17) is 5.73 Å². The molecule has 2 N–H and O–H groups in total. The van der Waals surface area contributed by atoms with Crippen molar-refractivity contribution in [3.63, 3.8) is 0 Å². The van der Waals surface area contributed by atoms with Crippen molar-refractivity contribution in [3.05, 3.63) is 18.3 Å². The van der Waals surface area contributed by atoms with Gasteiger partial charge in [-0.25, -0.2) is 14.7 Å². The van der Waals surface area contributed by atoms with Crippen molar-refractivity contribution in [2.75, 3.05) is 24.6 Å². The minimum absolute atomic E-state index is 0.121. The number of ether oxygens (including phenoxy) is 1. The van der Waals surface area contributed by atoms with Gasteiger partial charge in [-0.3, -0.25) is 4.79 Å². The maximum absolute atomic E-state index is 11.7. The summed E-state index contributed by atoms with van der Waals surface area (Å²) in [5, 5.41) is 0.591. The normalized spacial score (nSPS) is 14.8. The van der Waals surface area contributed by atoms with Crippen molar-refractivity contribution < 1.29 is 14.3 Å². The van der Waals surface area contributed by atoms with E-state index in [1.165, 1.54) is 11.8 Å². The number of imide groups is 1. The number of cyclic esters (lactones) is 1. The Balaban J connectivity index is 1.92. The van der Waals surface area contributed by atoms with E-state index in [1.807, 2.05) is 0 Å². The molecule has 0 spiro atoms. The third kappa shape index (κ3) is 2.68. The fourth-order valence-electron chi connectivity index (χ4n) is 1.35. The number of thioether (sulfide) groups is 1. The van der Waals surface area contributed by atoms with Crippen molar-refractivity contribution in [1.29, 1.82) is 0 Å². The van der Waals surface area contributed by atoms with Gasteiger partial charge < -0.3 is 10.5 Å². The van der Waals surface area contributed by atoms with E-state index >= 15 is 0 Å². The minimum Gasteiger partial charge on any atom is -0.447 e. The van der Waals surface area contributed by atoms with Crippen LogP contribution >= 0.6 is 11.8 Å². The van der Waals surface area contributed by atoms with Gasteiger partial charge >= 0.3 is 6.09 Å². The maximum atomic E-state index is 11.7. The second-order valence-electron chi connectivity index (χ2n) is 3.35. The fraction of sp³-hybridized carbons (Fsp3) is 0.300. The first-order valence-electron chi connectivity index (χ1n) is 4.99. The molecule has 0 saturated carbocycles. The molecule has 0 atom stereocenters. The molecular weight excluding hydrogens is 242 g/mol. The van der Waals surface area contributed by atoms with Gasteiger partial charge in [0, 0.05) is 6.20 Å². The number of carbonyl (C=O) groups excluding carboxylic acids is 2. The molecule has 2 rings (SSSR count). The number of rotatable bonds is 3. The topological polar surface area (TPSA) is 85.5 Å². The summed E-state index contributed by atoms with van der Waals surface area (Å²) in [6.07, 6.45) is 1.03. The Labute approximate surface area is 102 Å². The predicted octanol–water partition coefficient (Wildman–Crippen LogP) is 0.735. The van der Waals surface area contributed by atoms with Gasteiger partial charge in [0.2, 0.25) is 5.91 Å². The van der Waals surface area contributed by atoms with E-state index in [9.17, 15) is 9.59 Å². The molecule has 2 amide bonds. The Morgan fingerprint density at radius 1 is 1.65 bits per heavy atom. The summed E-state index contributed by atoms with van der Waals surface area (Å²) in [7, 11) is 0. The molecule has 1 aromatic heterocycles. The lowest BCUT2D eigenvalue weighted by molar-refractivity contribution is -0.125. The van der Waals surface area contributed by atoms with Crippen LogP contribution in [0, 0.1) is 0 Å². The van der Waals surface area contributed by atoms with Gasteiger partial charge in [-0.15, -0.1) is 0 Å². The van der Waals surface area contributed by atoms with Gasteiger partial charge in [-0.1, -0.05) is 11.8 Å². The van der Waals surface area contributed by atoms with E-state index in [0.29, 0.717) is 17.3 Å². The highest BCUT2D eigenvalue weighted by Gasteiger charge is 2.28. The molecular formula is C10H11N3O3S. The quantitative estimate of drug-likeness (QED) is 0.799. The monoisotopic (exact) mass is 253 g/mol. The standard InChI is InChI=1S/C10H11N3O3S/c11-7-2-1-3-12-9(7)17-6-8(14)13-4-5-16-10(13)15/h1-3H,4-6,11H2. The second kappa shape index (κ2) is 5.05. The Bertz CT molecular complexity index is 452. The lowest BCUT2D eigenvalue weighted by Crippen LogP contribution is -2.33. The van der Waals surface area contributed by atoms with Gasteiger partial charge in [0.1, 0.15) is 11.6 Å². The molecule has 90 valence electrons. The minimum atomic E-state index is -0.579. The lowest BCUT2D eigenvalue weighted by Gasteiger charge is -2.10. The van der Waals surface area contributed by atoms with Gasteiger partial charge in [-0.2, -0.15) is 0 Å². The molecule has 1 aliphatic heterocycles. The van der Waals surface area contributed by atoms with Crippen molar-refractivity contribution in [2.45, 2.75) is 5.03 Å². The summed E-state index contributed by atoms with van der Waals surface area (Å²) in [4.78, 5) is 27.9. The summed E-state index contributed by atoms with van der Waals surface area (Å²) in [6, 6.07) is 3.43. The van der Waals surface area contributed by atoms with Crippen LogP contribution in [-0.4, -0.2) is 40.8 Å². The van der Waals surface area contributed by atoms with Crippen LogP contribution in [0.5, 0.6) is 0 Å². The summed E-state index contributed by atoms with van der Waals surface area (Å²) < 4.78 is 4.68. The van der Waals surface area contributed by atoms with Crippen LogP contribution in [0.15, 0.2) is 23.4 Å². The molecule has 2 heterocycles. The Morgan fingerprint density at radius 2 is 2.47 bits per heavy atom. The first kappa shape index (κ1) is 11.7. The zero-order valence-electron chi connectivity index (χ0n) is 8.96. The Hall–Kier alpha value is -1.76. The van der Waals surface area contributed by atoms with Crippen molar-refractivity contribution in [1.82, 2.24) is 9.88 Å². The molecule has 1 aromatic rings. The molecule has 0 aliphatic carbocycles. The van der Waals surface area contributed by atoms with E-state index in [1.54, 1.807) is 18.3 Å². The maximum Gasteiger partial charge on any atom is 0.416 e. The molecule has 0 bridgehead atoms. The van der Waals surface area contributed by atoms with Crippen LogP contribution in [0.3, 0.4) is 0 Å². The SMILES string of the molecule is Nc1cccnc1SCC(=O)N1CCOC1=O. The van der Waals surface area contributed by atoms with Crippen LogP contribution in [0.2, 0.25) is 0 Å². The predicted molar refractivity (Wildman–Crippen MR) is 62.4 cm³/mol. The third-order valence-electron chi connectivity index (χ3n) is 2.19. The molecule has 1 aliphatic rings. The zero-order chi connectivity index (χ0) is 12.3. The summed E-state index contributed by atoms with van der Waals surface area (Å²) >= 11 is 1.21. The summed E-state index contributed by atoms with van der Waals surface area (Å²) in [6.45, 7) is 0.580. The van der Waals surface area contributed by atoms with Crippen LogP contribution in [0.25, 0.3) is 0 Å². The summed E-state index contributed by atoms with van der Waals surface area (Å²) in [5.74, 6) is -0.168. The first-order chi connectivity index (χ1) is 8.18. The van der Waals surface area contributed by atoms with Gasteiger partial charge in [0.05, 0.1) is 18.0 Å². The van der Waals surface area contributed by atoms with Gasteiger partial charge in [0.15, 0.2) is 0 Å². The highest BCUT2D eigenvalue weighted by atomic mass is 32.2. The fourth-order valence-corrected chi connectivity index (χ4v) is 2.14. The van der Waals surface area contributed by atoms with Crippen LogP contribution in [0.1, 0.15) is 0 Å². The average Bonchev–Trinajstić information content (AvgIpc) is 2.74. The molecule has 0 aromatic carbocycles. The summed E-state index contributed by atoms with van der Waals surface area (Å²) in [5.41, 5.74) is 6.21. The lowest BCUT2D eigenvalue weighted by atomic mass is 10.4. The number of hydrogen-bond donors (Lipinski definition) is 1. The molecule has 7 heteroatoms. The van der Waals surface area contributed by atoms with E-state index < -0.39 is 6.09 Å². The highest BCUT2D eigenvalue weighted by molar-refractivity contribution is 8.00. The molecule has 6 nitrogen and oxygen atoms in total. The zero-order valence-corrected chi connectivity index (χ0v) is 9.77. The molecule has 0 unspecified atom stereocenters. The number of nitrogens with two attached hydrogens (primary N) is 1. The number of nitrogens with zero attached hydrogens (tertiary/aromatic N) is 2. The number of anilines is 1. The van der Waals surface area contributed by atoms with Crippen molar-refractivity contribution in [2.24, 2.45) is 0 Å². The van der Waals surface area contributed by atoms with E-state index in [2.05, 4.69) is 9.72 Å².